The second kappa shape index (κ2) is 8.58. The number of rotatable bonds is 8. The van der Waals surface area contributed by atoms with Gasteiger partial charge in [0.2, 0.25) is 0 Å². The van der Waals surface area contributed by atoms with Gasteiger partial charge in [-0.3, -0.25) is 0 Å². The zero-order valence-corrected chi connectivity index (χ0v) is 12.4. The fraction of sp³-hybridized carbons (Fsp3) is 0.467. The van der Waals surface area contributed by atoms with Crippen molar-refractivity contribution in [2.45, 2.75) is 38.6 Å². The van der Waals surface area contributed by atoms with E-state index in [-0.39, 0.29) is 0 Å². The van der Waals surface area contributed by atoms with Crippen molar-refractivity contribution in [1.82, 2.24) is 5.32 Å². The molecular formula is C15H21Cl2N. The van der Waals surface area contributed by atoms with Crippen molar-refractivity contribution in [2.75, 3.05) is 6.54 Å². The second-order valence-electron chi connectivity index (χ2n) is 4.38. The first-order valence-electron chi connectivity index (χ1n) is 6.46. The third-order valence-electron chi connectivity index (χ3n) is 2.97. The number of allylic oxidation sites excluding steroid dienone is 1. The molecule has 1 nitrogen and oxygen atoms in total. The summed E-state index contributed by atoms with van der Waals surface area (Å²) >= 11 is 12.4. The Labute approximate surface area is 120 Å². The van der Waals surface area contributed by atoms with Crippen LogP contribution in [0.1, 0.15) is 31.7 Å². The Balaban J connectivity index is 2.66. The minimum Gasteiger partial charge on any atom is -0.314 e. The minimum absolute atomic E-state index is 0.423. The van der Waals surface area contributed by atoms with Crippen molar-refractivity contribution >= 4 is 23.2 Å². The minimum atomic E-state index is 0.423. The Morgan fingerprint density at radius 2 is 2.00 bits per heavy atom. The molecule has 0 saturated carbocycles. The van der Waals surface area contributed by atoms with Gasteiger partial charge in [0.05, 0.1) is 0 Å². The van der Waals surface area contributed by atoms with Crippen molar-refractivity contribution in [3.8, 4) is 0 Å². The summed E-state index contributed by atoms with van der Waals surface area (Å²) in [6.07, 6.45) is 6.15. The number of likely N-dealkylation sites (N-methyl/N-ethyl adjacent to an activating group) is 1. The maximum Gasteiger partial charge on any atom is 0.0453 e. The maximum atomic E-state index is 6.21. The number of halogens is 2. The first-order chi connectivity index (χ1) is 8.69. The van der Waals surface area contributed by atoms with Gasteiger partial charge in [-0.25, -0.2) is 0 Å². The fourth-order valence-electron chi connectivity index (χ4n) is 2.05. The molecule has 0 aliphatic heterocycles. The average Bonchev–Trinajstić information content (AvgIpc) is 2.34. The van der Waals surface area contributed by atoms with Crippen LogP contribution in [0, 0.1) is 0 Å². The van der Waals surface area contributed by atoms with Gasteiger partial charge in [-0.1, -0.05) is 42.3 Å². The molecular weight excluding hydrogens is 265 g/mol. The molecule has 0 amide bonds. The summed E-state index contributed by atoms with van der Waals surface area (Å²) in [5.41, 5.74) is 1.05. The van der Waals surface area contributed by atoms with Gasteiger partial charge < -0.3 is 5.32 Å². The van der Waals surface area contributed by atoms with E-state index in [9.17, 15) is 0 Å². The summed E-state index contributed by atoms with van der Waals surface area (Å²) in [4.78, 5) is 0. The number of hydrogen-bond donors (Lipinski definition) is 1. The summed E-state index contributed by atoms with van der Waals surface area (Å²) in [5, 5.41) is 5.01. The van der Waals surface area contributed by atoms with E-state index < -0.39 is 0 Å². The molecule has 18 heavy (non-hydrogen) atoms. The highest BCUT2D eigenvalue weighted by molar-refractivity contribution is 6.35. The number of benzene rings is 1. The summed E-state index contributed by atoms with van der Waals surface area (Å²) < 4.78 is 0. The van der Waals surface area contributed by atoms with Crippen molar-refractivity contribution in [3.05, 3.63) is 46.5 Å². The number of nitrogens with one attached hydrogen (secondary N) is 1. The lowest BCUT2D eigenvalue weighted by molar-refractivity contribution is 0.478. The standard InChI is InChI=1S/C15H21Cl2N/c1-3-5-6-8-12(18-4-2)11-13-14(16)9-7-10-15(13)17/h3,7,9-10,12,18H,1,4-6,8,11H2,2H3. The van der Waals surface area contributed by atoms with Gasteiger partial charge in [0, 0.05) is 16.1 Å². The molecule has 1 aromatic rings. The van der Waals surface area contributed by atoms with E-state index in [1.165, 1.54) is 0 Å². The van der Waals surface area contributed by atoms with Crippen LogP contribution in [0.3, 0.4) is 0 Å². The Morgan fingerprint density at radius 1 is 1.33 bits per heavy atom. The van der Waals surface area contributed by atoms with Crippen LogP contribution in [0.4, 0.5) is 0 Å². The van der Waals surface area contributed by atoms with Gasteiger partial charge in [-0.05, 0) is 49.9 Å². The van der Waals surface area contributed by atoms with Crippen molar-refractivity contribution in [3.63, 3.8) is 0 Å². The molecule has 0 aromatic heterocycles. The van der Waals surface area contributed by atoms with Gasteiger partial charge in [0.1, 0.15) is 0 Å². The van der Waals surface area contributed by atoms with Crippen LogP contribution in [0.15, 0.2) is 30.9 Å². The van der Waals surface area contributed by atoms with Crippen LogP contribution < -0.4 is 5.32 Å². The smallest absolute Gasteiger partial charge is 0.0453 e. The topological polar surface area (TPSA) is 12.0 Å². The van der Waals surface area contributed by atoms with Gasteiger partial charge in [-0.15, -0.1) is 6.58 Å². The highest BCUT2D eigenvalue weighted by Gasteiger charge is 2.12. The van der Waals surface area contributed by atoms with E-state index >= 15 is 0 Å². The second-order valence-corrected chi connectivity index (χ2v) is 5.19. The molecule has 0 aliphatic rings. The lowest BCUT2D eigenvalue weighted by Gasteiger charge is -2.19. The Kier molecular flexibility index (Phi) is 7.41. The molecule has 1 unspecified atom stereocenters. The molecule has 0 spiro atoms. The van der Waals surface area contributed by atoms with Gasteiger partial charge in [-0.2, -0.15) is 0 Å². The molecule has 1 rings (SSSR count). The zero-order chi connectivity index (χ0) is 13.4. The third kappa shape index (κ3) is 5.01. The Hall–Kier alpha value is -0.500. The van der Waals surface area contributed by atoms with Crippen LogP contribution in [0.2, 0.25) is 10.0 Å². The van der Waals surface area contributed by atoms with E-state index in [2.05, 4.69) is 18.8 Å². The molecule has 0 fully saturated rings. The Morgan fingerprint density at radius 3 is 2.56 bits per heavy atom. The van der Waals surface area contributed by atoms with Crippen molar-refractivity contribution in [1.29, 1.82) is 0 Å². The lowest BCUT2D eigenvalue weighted by Crippen LogP contribution is -2.31. The third-order valence-corrected chi connectivity index (χ3v) is 3.67. The monoisotopic (exact) mass is 285 g/mol. The molecule has 0 saturated heterocycles. The maximum absolute atomic E-state index is 6.21. The van der Waals surface area contributed by atoms with E-state index in [1.807, 2.05) is 24.3 Å². The molecule has 1 atom stereocenters. The van der Waals surface area contributed by atoms with E-state index in [1.54, 1.807) is 0 Å². The average molecular weight is 286 g/mol. The highest BCUT2D eigenvalue weighted by Crippen LogP contribution is 2.26. The molecule has 3 heteroatoms. The van der Waals surface area contributed by atoms with Crippen LogP contribution in [-0.2, 0) is 6.42 Å². The van der Waals surface area contributed by atoms with Gasteiger partial charge in [0.15, 0.2) is 0 Å². The highest BCUT2D eigenvalue weighted by atomic mass is 35.5. The lowest BCUT2D eigenvalue weighted by atomic mass is 10.0. The van der Waals surface area contributed by atoms with E-state index in [0.29, 0.717) is 6.04 Å². The first kappa shape index (κ1) is 15.6. The molecule has 1 N–H and O–H groups in total. The van der Waals surface area contributed by atoms with Crippen LogP contribution in [0.5, 0.6) is 0 Å². The summed E-state index contributed by atoms with van der Waals surface area (Å²) in [6.45, 7) is 6.83. The predicted molar refractivity (Wildman–Crippen MR) is 81.7 cm³/mol. The van der Waals surface area contributed by atoms with Crippen LogP contribution >= 0.6 is 23.2 Å². The van der Waals surface area contributed by atoms with Crippen LogP contribution in [-0.4, -0.2) is 12.6 Å². The van der Waals surface area contributed by atoms with E-state index in [0.717, 1.165) is 47.8 Å². The summed E-state index contributed by atoms with van der Waals surface area (Å²) in [7, 11) is 0. The molecule has 100 valence electrons. The van der Waals surface area contributed by atoms with Gasteiger partial charge >= 0.3 is 0 Å². The van der Waals surface area contributed by atoms with E-state index in [4.69, 9.17) is 23.2 Å². The number of hydrogen-bond acceptors (Lipinski definition) is 1. The zero-order valence-electron chi connectivity index (χ0n) is 10.9. The SMILES string of the molecule is C=CCCCC(Cc1c(Cl)cccc1Cl)NCC. The van der Waals surface area contributed by atoms with Gasteiger partial charge in [0.25, 0.3) is 0 Å². The Bertz CT molecular complexity index is 357. The van der Waals surface area contributed by atoms with Crippen LogP contribution in [0.25, 0.3) is 0 Å². The fourth-order valence-corrected chi connectivity index (χ4v) is 2.60. The van der Waals surface area contributed by atoms with Crippen molar-refractivity contribution < 1.29 is 0 Å². The summed E-state index contributed by atoms with van der Waals surface area (Å²) in [6, 6.07) is 6.10. The molecule has 0 heterocycles. The summed E-state index contributed by atoms with van der Waals surface area (Å²) in [5.74, 6) is 0. The quantitative estimate of drug-likeness (QED) is 0.531. The molecule has 0 aliphatic carbocycles. The predicted octanol–water partition coefficient (Wildman–Crippen LogP) is 4.87. The van der Waals surface area contributed by atoms with Crippen molar-refractivity contribution in [2.24, 2.45) is 0 Å². The molecule has 1 aromatic carbocycles. The molecule has 0 radical (unpaired) electrons. The first-order valence-corrected chi connectivity index (χ1v) is 7.21. The normalized spacial score (nSPS) is 12.4. The number of unbranched alkanes of at least 4 members (excludes halogenated alkanes) is 1. The molecule has 0 bridgehead atoms. The largest absolute Gasteiger partial charge is 0.314 e.